The van der Waals surface area contributed by atoms with Gasteiger partial charge < -0.3 is 13.9 Å². The number of hydrogen-bond donors (Lipinski definition) is 0. The Bertz CT molecular complexity index is 490. The van der Waals surface area contributed by atoms with Crippen LogP contribution in [0.5, 0.6) is 0 Å². The maximum atomic E-state index is 12.8. The fourth-order valence-electron chi connectivity index (χ4n) is 1.67. The van der Waals surface area contributed by atoms with E-state index in [2.05, 4.69) is 0 Å². The molecule has 0 aliphatic heterocycles. The van der Waals surface area contributed by atoms with Crippen LogP contribution in [0.4, 0.5) is 0 Å². The fraction of sp³-hybridized carbons (Fsp3) is 0.429. The van der Waals surface area contributed by atoms with Gasteiger partial charge in [-0.25, -0.2) is 0 Å². The Morgan fingerprint density at radius 2 is 1.70 bits per heavy atom. The molecule has 0 heterocycles. The fourth-order valence-corrected chi connectivity index (χ4v) is 3.61. The Balaban J connectivity index is 3.21. The first kappa shape index (κ1) is 17.3. The molecule has 6 heteroatoms. The molecule has 0 radical (unpaired) electrons. The first-order valence-electron chi connectivity index (χ1n) is 6.47. The van der Waals surface area contributed by atoms with Gasteiger partial charge in [-0.05, 0) is 37.6 Å². The van der Waals surface area contributed by atoms with E-state index in [1.54, 1.807) is 37.0 Å². The summed E-state index contributed by atoms with van der Waals surface area (Å²) in [4.78, 5) is 1.75. The molecule has 0 saturated carbocycles. The predicted octanol–water partition coefficient (Wildman–Crippen LogP) is 4.47. The smallest absolute Gasteiger partial charge is 0.371 e. The SMILES string of the molecule is CCOP(=O)(OCC)/C(=C/c1ccc(Cl)cc1)N(C)C. The third-order valence-electron chi connectivity index (χ3n) is 2.50. The lowest BCUT2D eigenvalue weighted by atomic mass is 10.2. The van der Waals surface area contributed by atoms with Crippen LogP contribution in [0.1, 0.15) is 19.4 Å². The van der Waals surface area contributed by atoms with Crippen molar-refractivity contribution in [1.82, 2.24) is 4.90 Å². The van der Waals surface area contributed by atoms with Crippen molar-refractivity contribution in [3.63, 3.8) is 0 Å². The van der Waals surface area contributed by atoms with Crippen LogP contribution < -0.4 is 0 Å². The summed E-state index contributed by atoms with van der Waals surface area (Å²) >= 11 is 5.86. The van der Waals surface area contributed by atoms with Crippen molar-refractivity contribution in [1.29, 1.82) is 0 Å². The average Bonchev–Trinajstić information content (AvgIpc) is 2.38. The second kappa shape index (κ2) is 7.84. The van der Waals surface area contributed by atoms with Gasteiger partial charge in [0.15, 0.2) is 0 Å². The van der Waals surface area contributed by atoms with Crippen LogP contribution in [0, 0.1) is 0 Å². The molecule has 0 amide bonds. The molecule has 0 spiro atoms. The van der Waals surface area contributed by atoms with E-state index in [4.69, 9.17) is 20.6 Å². The molecule has 0 saturated heterocycles. The molecule has 112 valence electrons. The van der Waals surface area contributed by atoms with Gasteiger partial charge in [-0.2, -0.15) is 0 Å². The summed E-state index contributed by atoms with van der Waals surface area (Å²) in [6.45, 7) is 4.23. The van der Waals surface area contributed by atoms with Crippen molar-refractivity contribution in [2.45, 2.75) is 13.8 Å². The number of nitrogens with zero attached hydrogens (tertiary/aromatic N) is 1. The minimum Gasteiger partial charge on any atom is -0.371 e. The molecule has 0 bridgehead atoms. The monoisotopic (exact) mass is 317 g/mol. The van der Waals surface area contributed by atoms with E-state index < -0.39 is 7.60 Å². The molecule has 0 unspecified atom stereocenters. The molecule has 4 nitrogen and oxygen atoms in total. The molecule has 0 fully saturated rings. The largest absolute Gasteiger partial charge is 0.377 e. The van der Waals surface area contributed by atoms with Crippen LogP contribution >= 0.6 is 19.2 Å². The second-order valence-corrected chi connectivity index (χ2v) is 6.69. The lowest BCUT2D eigenvalue weighted by Crippen LogP contribution is -2.14. The van der Waals surface area contributed by atoms with E-state index in [9.17, 15) is 4.57 Å². The Hall–Kier alpha value is -0.800. The van der Waals surface area contributed by atoms with Crippen molar-refractivity contribution in [2.24, 2.45) is 0 Å². The zero-order valence-electron chi connectivity index (χ0n) is 12.3. The zero-order chi connectivity index (χ0) is 15.2. The van der Waals surface area contributed by atoms with Crippen molar-refractivity contribution in [3.05, 3.63) is 40.3 Å². The Labute approximate surface area is 125 Å². The van der Waals surface area contributed by atoms with Crippen molar-refractivity contribution in [2.75, 3.05) is 27.3 Å². The van der Waals surface area contributed by atoms with Gasteiger partial charge in [0, 0.05) is 19.1 Å². The summed E-state index contributed by atoms with van der Waals surface area (Å²) in [5.74, 6) is 0. The van der Waals surface area contributed by atoms with E-state index in [0.717, 1.165) is 5.56 Å². The number of halogens is 1. The third-order valence-corrected chi connectivity index (χ3v) is 5.04. The zero-order valence-corrected chi connectivity index (χ0v) is 13.9. The summed E-state index contributed by atoms with van der Waals surface area (Å²) < 4.78 is 23.6. The van der Waals surface area contributed by atoms with Gasteiger partial charge in [-0.3, -0.25) is 4.57 Å². The maximum Gasteiger partial charge on any atom is 0.377 e. The third kappa shape index (κ3) is 4.64. The molecule has 0 atom stereocenters. The molecule has 0 N–H and O–H groups in total. The van der Waals surface area contributed by atoms with Crippen LogP contribution in [0.15, 0.2) is 29.7 Å². The average molecular weight is 318 g/mol. The highest BCUT2D eigenvalue weighted by Gasteiger charge is 2.31. The van der Waals surface area contributed by atoms with E-state index in [-0.39, 0.29) is 0 Å². The van der Waals surface area contributed by atoms with Gasteiger partial charge in [-0.1, -0.05) is 23.7 Å². The minimum atomic E-state index is -3.31. The maximum absolute atomic E-state index is 12.8. The Kier molecular flexibility index (Phi) is 6.77. The quantitative estimate of drug-likeness (QED) is 0.696. The van der Waals surface area contributed by atoms with Crippen LogP contribution in [0.2, 0.25) is 5.02 Å². The van der Waals surface area contributed by atoms with E-state index in [1.165, 1.54) is 0 Å². The summed E-state index contributed by atoms with van der Waals surface area (Å²) in [6, 6.07) is 7.28. The Morgan fingerprint density at radius 3 is 2.10 bits per heavy atom. The van der Waals surface area contributed by atoms with E-state index >= 15 is 0 Å². The van der Waals surface area contributed by atoms with Crippen molar-refractivity contribution >= 4 is 25.3 Å². The highest BCUT2D eigenvalue weighted by atomic mass is 35.5. The molecule has 0 aliphatic carbocycles. The molecular formula is C14H21ClNO3P. The van der Waals surface area contributed by atoms with Gasteiger partial charge in [0.05, 0.1) is 13.2 Å². The van der Waals surface area contributed by atoms with Crippen LogP contribution in [-0.2, 0) is 13.6 Å². The molecule has 0 aliphatic rings. The predicted molar refractivity (Wildman–Crippen MR) is 84.0 cm³/mol. The lowest BCUT2D eigenvalue weighted by Gasteiger charge is -2.25. The van der Waals surface area contributed by atoms with Crippen LogP contribution in [0.3, 0.4) is 0 Å². The highest BCUT2D eigenvalue weighted by molar-refractivity contribution is 7.58. The molecular weight excluding hydrogens is 297 g/mol. The van der Waals surface area contributed by atoms with Gasteiger partial charge in [-0.15, -0.1) is 0 Å². The molecule has 1 aromatic rings. The van der Waals surface area contributed by atoms with Crippen LogP contribution in [-0.4, -0.2) is 32.2 Å². The summed E-state index contributed by atoms with van der Waals surface area (Å²) in [6.07, 6.45) is 1.79. The van der Waals surface area contributed by atoms with Gasteiger partial charge in [0.25, 0.3) is 0 Å². The summed E-state index contributed by atoms with van der Waals surface area (Å²) in [5.41, 5.74) is 1.40. The van der Waals surface area contributed by atoms with Crippen molar-refractivity contribution < 1.29 is 13.6 Å². The standard InChI is InChI=1S/C14H21ClNO3P/c1-5-18-20(17,19-6-2)14(16(3)4)11-12-7-9-13(15)10-8-12/h7-11H,5-6H2,1-4H3/b14-11+. The first-order valence-corrected chi connectivity index (χ1v) is 8.39. The number of rotatable bonds is 7. The van der Waals surface area contributed by atoms with E-state index in [0.29, 0.717) is 23.7 Å². The summed E-state index contributed by atoms with van der Waals surface area (Å²) in [5, 5.41) is 0.659. The summed E-state index contributed by atoms with van der Waals surface area (Å²) in [7, 11) is 0.315. The second-order valence-electron chi connectivity index (χ2n) is 4.28. The lowest BCUT2D eigenvalue weighted by molar-refractivity contribution is 0.219. The molecule has 1 aromatic carbocycles. The van der Waals surface area contributed by atoms with Gasteiger partial charge in [0.1, 0.15) is 5.44 Å². The molecule has 20 heavy (non-hydrogen) atoms. The Morgan fingerprint density at radius 1 is 1.20 bits per heavy atom. The minimum absolute atomic E-state index is 0.322. The van der Waals surface area contributed by atoms with E-state index in [1.807, 2.05) is 26.2 Å². The highest BCUT2D eigenvalue weighted by Crippen LogP contribution is 2.57. The number of benzene rings is 1. The molecule has 1 rings (SSSR count). The van der Waals surface area contributed by atoms with Crippen LogP contribution in [0.25, 0.3) is 6.08 Å². The normalized spacial score (nSPS) is 12.6. The number of hydrogen-bond acceptors (Lipinski definition) is 4. The van der Waals surface area contributed by atoms with Gasteiger partial charge >= 0.3 is 7.60 Å². The van der Waals surface area contributed by atoms with Gasteiger partial charge in [0.2, 0.25) is 0 Å². The molecule has 0 aromatic heterocycles. The topological polar surface area (TPSA) is 38.8 Å². The van der Waals surface area contributed by atoms with Crippen molar-refractivity contribution in [3.8, 4) is 0 Å². The first-order chi connectivity index (χ1) is 9.42.